The Morgan fingerprint density at radius 1 is 1.09 bits per heavy atom. The molecule has 1 heterocycles. The van der Waals surface area contributed by atoms with Gasteiger partial charge in [-0.2, -0.15) is 0 Å². The van der Waals surface area contributed by atoms with Gasteiger partial charge in [-0.25, -0.2) is 9.97 Å². The van der Waals surface area contributed by atoms with Gasteiger partial charge in [0.15, 0.2) is 0 Å². The fourth-order valence-electron chi connectivity index (χ4n) is 10.4. The smallest absolute Gasteiger partial charge is 0.116 e. The Kier molecular flexibility index (Phi) is 4.76. The molecule has 0 N–H and O–H groups in total. The van der Waals surface area contributed by atoms with E-state index in [2.05, 4.69) is 49.0 Å². The average molecular weight is 435 g/mol. The Morgan fingerprint density at radius 3 is 2.69 bits per heavy atom. The van der Waals surface area contributed by atoms with Gasteiger partial charge in [0, 0.05) is 18.2 Å². The average Bonchev–Trinajstić information content (AvgIpc) is 3.28. The lowest BCUT2D eigenvalue weighted by molar-refractivity contribution is -0.160. The summed E-state index contributed by atoms with van der Waals surface area (Å²) in [7, 11) is 2.01. The lowest BCUT2D eigenvalue weighted by Crippen LogP contribution is -2.57. The van der Waals surface area contributed by atoms with Crippen molar-refractivity contribution in [1.29, 1.82) is 0 Å². The highest BCUT2D eigenvalue weighted by Gasteiger charge is 2.77. The maximum Gasteiger partial charge on any atom is 0.116 e. The lowest BCUT2D eigenvalue weighted by Gasteiger charge is -2.61. The minimum Gasteiger partial charge on any atom is -0.381 e. The number of nitrogens with zero attached hydrogens (tertiary/aromatic N) is 2. The van der Waals surface area contributed by atoms with Crippen LogP contribution in [0.2, 0.25) is 0 Å². The van der Waals surface area contributed by atoms with E-state index in [1.54, 1.807) is 6.33 Å². The molecule has 1 spiro atoms. The molecule has 3 heteroatoms. The highest BCUT2D eigenvalue weighted by atomic mass is 16.5. The maximum atomic E-state index is 6.29. The third kappa shape index (κ3) is 2.70. The summed E-state index contributed by atoms with van der Waals surface area (Å²) < 4.78 is 6.29. The van der Waals surface area contributed by atoms with Crippen LogP contribution in [0, 0.1) is 58.7 Å². The minimum absolute atomic E-state index is 0.479. The van der Waals surface area contributed by atoms with Crippen LogP contribution < -0.4 is 0 Å². The molecule has 0 saturated heterocycles. The molecular formula is C29H42N2O. The van der Waals surface area contributed by atoms with E-state index in [9.17, 15) is 0 Å². The third-order valence-corrected chi connectivity index (χ3v) is 11.9. The highest BCUT2D eigenvalue weighted by Crippen LogP contribution is 2.82. The van der Waals surface area contributed by atoms with E-state index in [4.69, 9.17) is 4.74 Å². The van der Waals surface area contributed by atoms with Crippen molar-refractivity contribution in [3.05, 3.63) is 29.9 Å². The van der Waals surface area contributed by atoms with E-state index in [1.165, 1.54) is 51.4 Å². The number of fused-ring (bicyclic) bond motifs is 4. The second-order valence-corrected chi connectivity index (χ2v) is 12.8. The number of allylic oxidation sites excluding steroid dienone is 1. The Bertz CT molecular complexity index is 927. The van der Waals surface area contributed by atoms with Gasteiger partial charge in [0.1, 0.15) is 6.33 Å². The molecular weight excluding hydrogens is 392 g/mol. The third-order valence-electron chi connectivity index (χ3n) is 11.9. The van der Waals surface area contributed by atoms with Gasteiger partial charge in [-0.3, -0.25) is 0 Å². The zero-order chi connectivity index (χ0) is 22.3. The SMILES string of the molecule is CO[C@@H]1C[C@H]2[C@@H]3CC[C@H]([C@H](C)/C=C/c4cc(C)ncn4)[C@@]3(C)CC[C@@H]2[C@@]2(C)CC[C@@H]3CC312. The van der Waals surface area contributed by atoms with Gasteiger partial charge < -0.3 is 4.74 Å². The number of hydrogen-bond acceptors (Lipinski definition) is 3. The fraction of sp³-hybridized carbons (Fsp3) is 0.793. The molecule has 32 heavy (non-hydrogen) atoms. The molecule has 174 valence electrons. The largest absolute Gasteiger partial charge is 0.381 e. The van der Waals surface area contributed by atoms with E-state index >= 15 is 0 Å². The van der Waals surface area contributed by atoms with Crippen LogP contribution in [-0.4, -0.2) is 23.2 Å². The molecule has 1 unspecified atom stereocenters. The van der Waals surface area contributed by atoms with Gasteiger partial charge in [0.2, 0.25) is 0 Å². The molecule has 5 fully saturated rings. The summed E-state index contributed by atoms with van der Waals surface area (Å²) in [5.74, 6) is 5.05. The van der Waals surface area contributed by atoms with Crippen molar-refractivity contribution in [3.8, 4) is 0 Å². The second-order valence-electron chi connectivity index (χ2n) is 12.8. The van der Waals surface area contributed by atoms with Crippen LogP contribution in [0.5, 0.6) is 0 Å². The summed E-state index contributed by atoms with van der Waals surface area (Å²) >= 11 is 0. The van der Waals surface area contributed by atoms with Gasteiger partial charge >= 0.3 is 0 Å². The molecule has 1 aromatic rings. The van der Waals surface area contributed by atoms with Crippen molar-refractivity contribution in [2.24, 2.45) is 51.8 Å². The number of hydrogen-bond donors (Lipinski definition) is 0. The quantitative estimate of drug-likeness (QED) is 0.528. The van der Waals surface area contributed by atoms with E-state index in [0.717, 1.165) is 41.0 Å². The second kappa shape index (κ2) is 7.14. The summed E-state index contributed by atoms with van der Waals surface area (Å²) in [4.78, 5) is 8.69. The van der Waals surface area contributed by atoms with Crippen LogP contribution in [0.25, 0.3) is 6.08 Å². The van der Waals surface area contributed by atoms with Crippen LogP contribution in [0.3, 0.4) is 0 Å². The predicted molar refractivity (Wildman–Crippen MR) is 129 cm³/mol. The zero-order valence-corrected chi connectivity index (χ0v) is 20.8. The zero-order valence-electron chi connectivity index (χ0n) is 20.8. The van der Waals surface area contributed by atoms with E-state index in [1.807, 2.05) is 14.0 Å². The summed E-state index contributed by atoms with van der Waals surface area (Å²) in [5, 5.41) is 0. The van der Waals surface area contributed by atoms with Crippen LogP contribution in [-0.2, 0) is 4.74 Å². The van der Waals surface area contributed by atoms with Crippen molar-refractivity contribution in [1.82, 2.24) is 9.97 Å². The standard InChI is InChI=1S/C29H42N2O/c1-18(6-7-21-14-19(2)30-17-31-21)23-8-9-24-22-15-26(32-5)29-16-20(29)10-13-28(29,4)25(22)11-12-27(23,24)3/h6-7,14,17-18,20,22-26H,8-13,15-16H2,1-5H3/b7-6+/t18-,20-,22+,23-,24+,25+,26-,27-,28-,29?/m1/s1. The minimum atomic E-state index is 0.479. The van der Waals surface area contributed by atoms with E-state index in [-0.39, 0.29) is 0 Å². The first-order valence-electron chi connectivity index (χ1n) is 13.3. The van der Waals surface area contributed by atoms with E-state index < -0.39 is 0 Å². The Morgan fingerprint density at radius 2 is 1.94 bits per heavy atom. The fourth-order valence-corrected chi connectivity index (χ4v) is 10.4. The molecule has 10 atom stereocenters. The van der Waals surface area contributed by atoms with Crippen LogP contribution in [0.1, 0.15) is 83.5 Å². The topological polar surface area (TPSA) is 35.0 Å². The molecule has 0 radical (unpaired) electrons. The monoisotopic (exact) mass is 434 g/mol. The molecule has 0 bridgehead atoms. The van der Waals surface area contributed by atoms with Crippen molar-refractivity contribution in [2.45, 2.75) is 85.2 Å². The van der Waals surface area contributed by atoms with Crippen molar-refractivity contribution >= 4 is 6.08 Å². The number of methoxy groups -OCH3 is 1. The van der Waals surface area contributed by atoms with Crippen molar-refractivity contribution in [2.75, 3.05) is 7.11 Å². The molecule has 0 amide bonds. The molecule has 1 aromatic heterocycles. The highest BCUT2D eigenvalue weighted by molar-refractivity contribution is 5.44. The lowest BCUT2D eigenvalue weighted by atomic mass is 9.45. The van der Waals surface area contributed by atoms with Gasteiger partial charge in [-0.15, -0.1) is 0 Å². The first-order valence-corrected chi connectivity index (χ1v) is 13.3. The summed E-state index contributed by atoms with van der Waals surface area (Å²) in [6, 6.07) is 2.09. The predicted octanol–water partition coefficient (Wildman–Crippen LogP) is 6.72. The maximum absolute atomic E-state index is 6.29. The van der Waals surface area contributed by atoms with Gasteiger partial charge in [0.25, 0.3) is 0 Å². The molecule has 5 saturated carbocycles. The van der Waals surface area contributed by atoms with Gasteiger partial charge in [-0.05, 0) is 117 Å². The Labute approximate surface area is 194 Å². The summed E-state index contributed by atoms with van der Waals surface area (Å²) in [5.41, 5.74) is 3.64. The van der Waals surface area contributed by atoms with Crippen LogP contribution >= 0.6 is 0 Å². The number of aryl methyl sites for hydroxylation is 1. The van der Waals surface area contributed by atoms with Crippen LogP contribution in [0.15, 0.2) is 18.5 Å². The number of aromatic nitrogens is 2. The number of ether oxygens (including phenoxy) is 1. The molecule has 5 aliphatic carbocycles. The molecule has 0 aliphatic heterocycles. The Balaban J connectivity index is 1.25. The normalized spacial score (nSPS) is 49.9. The molecule has 5 aliphatic rings. The summed E-state index contributed by atoms with van der Waals surface area (Å²) in [6.07, 6.45) is 18.3. The Hall–Kier alpha value is -1.22. The van der Waals surface area contributed by atoms with Gasteiger partial charge in [-0.1, -0.05) is 26.8 Å². The van der Waals surface area contributed by atoms with Gasteiger partial charge in [0.05, 0.1) is 11.8 Å². The van der Waals surface area contributed by atoms with Crippen molar-refractivity contribution < 1.29 is 4.74 Å². The van der Waals surface area contributed by atoms with E-state index in [0.29, 0.717) is 28.3 Å². The molecule has 0 aromatic carbocycles. The van der Waals surface area contributed by atoms with Crippen molar-refractivity contribution in [3.63, 3.8) is 0 Å². The first kappa shape index (κ1) is 21.3. The van der Waals surface area contributed by atoms with Crippen LogP contribution in [0.4, 0.5) is 0 Å². The number of rotatable bonds is 4. The summed E-state index contributed by atoms with van der Waals surface area (Å²) in [6.45, 7) is 9.84. The molecule has 6 rings (SSSR count). The first-order chi connectivity index (χ1) is 15.3. The molecule has 3 nitrogen and oxygen atoms in total.